The molecule has 0 aliphatic carbocycles. The summed E-state index contributed by atoms with van der Waals surface area (Å²) in [6.45, 7) is 0.106. The number of urea groups is 1. The number of methoxy groups -OCH3 is 1. The molecule has 144 valence electrons. The first kappa shape index (κ1) is 19.4. The molecule has 0 spiro atoms. The summed E-state index contributed by atoms with van der Waals surface area (Å²) in [5.74, 6) is -0.986. The Bertz CT molecular complexity index is 1000. The molecule has 3 rings (SSSR count). The Morgan fingerprint density at radius 2 is 2.00 bits per heavy atom. The molecule has 3 amide bonds. The Morgan fingerprint density at radius 3 is 2.64 bits per heavy atom. The van der Waals surface area contributed by atoms with E-state index in [1.165, 1.54) is 25.3 Å². The van der Waals surface area contributed by atoms with Crippen molar-refractivity contribution >= 4 is 39.9 Å². The van der Waals surface area contributed by atoms with Crippen molar-refractivity contribution in [1.29, 1.82) is 0 Å². The van der Waals surface area contributed by atoms with E-state index in [2.05, 4.69) is 26.6 Å². The number of halogens is 1. The van der Waals surface area contributed by atoms with Crippen LogP contribution in [0.25, 0.3) is 6.08 Å². The number of carbonyl (C=O) groups excluding carboxylic acids is 3. The summed E-state index contributed by atoms with van der Waals surface area (Å²) in [4.78, 5) is 33.8. The highest BCUT2D eigenvalue weighted by molar-refractivity contribution is 9.10. The third-order valence-corrected chi connectivity index (χ3v) is 4.42. The summed E-state index contributed by atoms with van der Waals surface area (Å²) in [6.07, 6.45) is 1.50. The second-order valence-corrected chi connectivity index (χ2v) is 6.63. The molecular formula is C19H14BrN2O6-. The average Bonchev–Trinajstić information content (AvgIpc) is 2.97. The van der Waals surface area contributed by atoms with Gasteiger partial charge in [-0.05, 0) is 56.9 Å². The van der Waals surface area contributed by atoms with E-state index in [0.717, 1.165) is 0 Å². The Kier molecular flexibility index (Phi) is 5.65. The first-order valence-electron chi connectivity index (χ1n) is 8.02. The molecule has 0 bridgehead atoms. The van der Waals surface area contributed by atoms with Crippen molar-refractivity contribution < 1.29 is 29.0 Å². The maximum absolute atomic E-state index is 11.7. The van der Waals surface area contributed by atoms with Gasteiger partial charge in [-0.3, -0.25) is 10.1 Å². The molecule has 0 unspecified atom stereocenters. The number of hydrogen-bond donors (Lipinski definition) is 2. The molecule has 0 aromatic heterocycles. The van der Waals surface area contributed by atoms with E-state index in [4.69, 9.17) is 9.47 Å². The molecule has 2 aromatic rings. The van der Waals surface area contributed by atoms with Crippen molar-refractivity contribution in [2.45, 2.75) is 6.61 Å². The van der Waals surface area contributed by atoms with E-state index in [9.17, 15) is 19.5 Å². The normalized spacial score (nSPS) is 14.6. The number of carboxylic acid groups (broad SMARTS) is 1. The molecule has 1 heterocycles. The van der Waals surface area contributed by atoms with Crippen molar-refractivity contribution in [3.63, 3.8) is 0 Å². The molecule has 1 aliphatic rings. The van der Waals surface area contributed by atoms with E-state index in [1.54, 1.807) is 24.3 Å². The Hall–Kier alpha value is -3.33. The van der Waals surface area contributed by atoms with Gasteiger partial charge in [-0.1, -0.05) is 18.2 Å². The van der Waals surface area contributed by atoms with Gasteiger partial charge in [-0.2, -0.15) is 0 Å². The minimum absolute atomic E-state index is 0.0611. The van der Waals surface area contributed by atoms with Crippen LogP contribution < -0.4 is 25.2 Å². The summed E-state index contributed by atoms with van der Waals surface area (Å²) >= 11 is 3.40. The Labute approximate surface area is 168 Å². The first-order valence-corrected chi connectivity index (χ1v) is 8.81. The van der Waals surface area contributed by atoms with E-state index in [-0.39, 0.29) is 17.9 Å². The summed E-state index contributed by atoms with van der Waals surface area (Å²) in [7, 11) is 1.46. The van der Waals surface area contributed by atoms with E-state index in [1.807, 2.05) is 0 Å². The molecule has 0 radical (unpaired) electrons. The SMILES string of the molecule is COc1cc(/C=C2\NC(=O)NC2=O)cc(Br)c1OCc1cccc(C(=O)[O-])c1. The van der Waals surface area contributed by atoms with Crippen LogP contribution in [0.3, 0.4) is 0 Å². The zero-order valence-corrected chi connectivity index (χ0v) is 16.2. The third kappa shape index (κ3) is 4.32. The largest absolute Gasteiger partial charge is 0.545 e. The number of carbonyl (C=O) groups is 3. The second kappa shape index (κ2) is 8.13. The van der Waals surface area contributed by atoms with E-state index < -0.39 is 17.9 Å². The molecule has 0 saturated carbocycles. The van der Waals surface area contributed by atoms with Gasteiger partial charge >= 0.3 is 6.03 Å². The van der Waals surface area contributed by atoms with Crippen molar-refractivity contribution in [3.05, 3.63) is 63.3 Å². The lowest BCUT2D eigenvalue weighted by atomic mass is 10.1. The van der Waals surface area contributed by atoms with E-state index in [0.29, 0.717) is 27.1 Å². The highest BCUT2D eigenvalue weighted by Crippen LogP contribution is 2.37. The molecule has 28 heavy (non-hydrogen) atoms. The number of aromatic carboxylic acids is 1. The summed E-state index contributed by atoms with van der Waals surface area (Å²) in [5.41, 5.74) is 1.42. The predicted octanol–water partition coefficient (Wildman–Crippen LogP) is 1.58. The molecule has 2 aromatic carbocycles. The summed E-state index contributed by atoms with van der Waals surface area (Å²) in [5, 5.41) is 15.5. The lowest BCUT2D eigenvalue weighted by Crippen LogP contribution is -2.22. The molecule has 1 fully saturated rings. The fraction of sp³-hybridized carbons (Fsp3) is 0.105. The van der Waals surface area contributed by atoms with Crippen molar-refractivity contribution in [2.75, 3.05) is 7.11 Å². The van der Waals surface area contributed by atoms with Crippen LogP contribution in [0, 0.1) is 0 Å². The first-order chi connectivity index (χ1) is 13.4. The fourth-order valence-corrected chi connectivity index (χ4v) is 3.13. The number of amides is 3. The van der Waals surface area contributed by atoms with Crippen molar-refractivity contribution in [1.82, 2.24) is 10.6 Å². The minimum atomic E-state index is -1.26. The Morgan fingerprint density at radius 1 is 1.21 bits per heavy atom. The molecule has 1 aliphatic heterocycles. The molecule has 1 saturated heterocycles. The van der Waals surface area contributed by atoms with Gasteiger partial charge in [0.1, 0.15) is 12.3 Å². The number of benzene rings is 2. The molecular weight excluding hydrogens is 432 g/mol. The van der Waals surface area contributed by atoms with Gasteiger partial charge in [0.25, 0.3) is 5.91 Å². The van der Waals surface area contributed by atoms with Crippen LogP contribution in [0.1, 0.15) is 21.5 Å². The van der Waals surface area contributed by atoms with Gasteiger partial charge < -0.3 is 24.7 Å². The number of hydrogen-bond acceptors (Lipinski definition) is 6. The lowest BCUT2D eigenvalue weighted by Gasteiger charge is -2.14. The quantitative estimate of drug-likeness (QED) is 0.514. The fourth-order valence-electron chi connectivity index (χ4n) is 2.56. The van der Waals surface area contributed by atoms with Crippen molar-refractivity contribution in [3.8, 4) is 11.5 Å². The molecule has 9 heteroatoms. The second-order valence-electron chi connectivity index (χ2n) is 5.78. The van der Waals surface area contributed by atoms with Gasteiger partial charge in [0.05, 0.1) is 17.6 Å². The number of rotatable bonds is 6. The van der Waals surface area contributed by atoms with Crippen LogP contribution in [-0.4, -0.2) is 25.0 Å². The zero-order valence-electron chi connectivity index (χ0n) is 14.6. The highest BCUT2D eigenvalue weighted by Gasteiger charge is 2.23. The number of nitrogens with one attached hydrogen (secondary N) is 2. The van der Waals surface area contributed by atoms with Crippen LogP contribution in [0.15, 0.2) is 46.6 Å². The van der Waals surface area contributed by atoms with Crippen LogP contribution >= 0.6 is 15.9 Å². The standard InChI is InChI=1S/C19H15BrN2O6/c1-27-15-8-11(7-14-17(23)22-19(26)21-14)6-13(20)16(15)28-9-10-3-2-4-12(5-10)18(24)25/h2-8H,9H2,1H3,(H,24,25)(H2,21,22,23,26)/p-1/b14-7-. The van der Waals surface area contributed by atoms with Gasteiger partial charge in [0.15, 0.2) is 11.5 Å². The maximum Gasteiger partial charge on any atom is 0.326 e. The minimum Gasteiger partial charge on any atom is -0.545 e. The third-order valence-electron chi connectivity index (χ3n) is 3.83. The number of carboxylic acids is 1. The number of imide groups is 1. The monoisotopic (exact) mass is 445 g/mol. The van der Waals surface area contributed by atoms with E-state index >= 15 is 0 Å². The van der Waals surface area contributed by atoms with Gasteiger partial charge in [0, 0.05) is 0 Å². The van der Waals surface area contributed by atoms with Gasteiger partial charge in [0.2, 0.25) is 0 Å². The predicted molar refractivity (Wildman–Crippen MR) is 100 cm³/mol. The van der Waals surface area contributed by atoms with Crippen molar-refractivity contribution in [2.24, 2.45) is 0 Å². The molecule has 0 atom stereocenters. The molecule has 8 nitrogen and oxygen atoms in total. The maximum atomic E-state index is 11.7. The summed E-state index contributed by atoms with van der Waals surface area (Å²) < 4.78 is 11.7. The number of ether oxygens (including phenoxy) is 2. The lowest BCUT2D eigenvalue weighted by molar-refractivity contribution is -0.255. The Balaban J connectivity index is 1.83. The highest BCUT2D eigenvalue weighted by atomic mass is 79.9. The van der Waals surface area contributed by atoms with Crippen LogP contribution in [0.2, 0.25) is 0 Å². The summed E-state index contributed by atoms with van der Waals surface area (Å²) in [6, 6.07) is 8.99. The van der Waals surface area contributed by atoms with Gasteiger partial charge in [-0.15, -0.1) is 0 Å². The molecule has 2 N–H and O–H groups in total. The average molecular weight is 446 g/mol. The topological polar surface area (TPSA) is 117 Å². The van der Waals surface area contributed by atoms with Gasteiger partial charge in [-0.25, -0.2) is 4.79 Å². The zero-order chi connectivity index (χ0) is 20.3. The smallest absolute Gasteiger partial charge is 0.326 e. The van der Waals surface area contributed by atoms with Crippen LogP contribution in [0.5, 0.6) is 11.5 Å². The van der Waals surface area contributed by atoms with Crippen LogP contribution in [-0.2, 0) is 11.4 Å². The van der Waals surface area contributed by atoms with Crippen LogP contribution in [0.4, 0.5) is 4.79 Å².